The summed E-state index contributed by atoms with van der Waals surface area (Å²) in [5.74, 6) is 0. The molecule has 0 aromatic heterocycles. The van der Waals surface area contributed by atoms with E-state index in [0.717, 1.165) is 0 Å². The summed E-state index contributed by atoms with van der Waals surface area (Å²) in [6.45, 7) is 5.09. The summed E-state index contributed by atoms with van der Waals surface area (Å²) < 4.78 is 0. The van der Waals surface area contributed by atoms with Gasteiger partial charge in [0, 0.05) is 0 Å². The smallest absolute Gasteiger partial charge is 0.0622 e. The van der Waals surface area contributed by atoms with E-state index in [1.54, 1.807) is 0 Å². The average molecular weight is 639 g/mol. The van der Waals surface area contributed by atoms with Gasteiger partial charge in [0.1, 0.15) is 8.07 Å². The molecule has 1 heterocycles. The molecule has 10 rings (SSSR count). The summed E-state index contributed by atoms with van der Waals surface area (Å²) in [6.07, 6.45) is 0. The van der Waals surface area contributed by atoms with Crippen LogP contribution in [-0.2, 0) is 0 Å². The second-order valence-corrected chi connectivity index (χ2v) is 18.4. The predicted molar refractivity (Wildman–Crippen MR) is 215 cm³/mol. The van der Waals surface area contributed by atoms with Crippen LogP contribution < -0.4 is 10.4 Å². The highest BCUT2D eigenvalue weighted by Crippen LogP contribution is 2.46. The minimum absolute atomic E-state index is 1.26. The number of benzene rings is 9. The third-order valence-electron chi connectivity index (χ3n) is 11.0. The minimum atomic E-state index is -2.05. The molecule has 0 radical (unpaired) electrons. The van der Waals surface area contributed by atoms with E-state index in [2.05, 4.69) is 183 Å². The molecule has 1 aliphatic rings. The maximum absolute atomic E-state index is 2.59. The van der Waals surface area contributed by atoms with Gasteiger partial charge in [0.2, 0.25) is 0 Å². The SMILES string of the molecule is C[Si]1(C)c2cc(-c3cccc4ccccc34)ccc2-c2cc3c(-c4ccc5ccccc5c4)c4ccccc4c(-c4ccccc4)c3cc21. The van der Waals surface area contributed by atoms with Gasteiger partial charge in [-0.2, -0.15) is 0 Å². The first kappa shape index (κ1) is 28.3. The van der Waals surface area contributed by atoms with E-state index in [1.165, 1.54) is 98.0 Å². The maximum Gasteiger partial charge on any atom is 0.113 e. The molecular weight excluding hydrogens is 605 g/mol. The van der Waals surface area contributed by atoms with Crippen LogP contribution in [0.2, 0.25) is 13.1 Å². The molecule has 0 N–H and O–H groups in total. The Morgan fingerprint density at radius 1 is 0.306 bits per heavy atom. The Hall–Kier alpha value is -5.76. The lowest BCUT2D eigenvalue weighted by Gasteiger charge is -2.22. The van der Waals surface area contributed by atoms with Crippen LogP contribution in [0.1, 0.15) is 0 Å². The molecule has 0 bridgehead atoms. The Balaban J connectivity index is 1.29. The van der Waals surface area contributed by atoms with Gasteiger partial charge < -0.3 is 0 Å². The molecule has 9 aromatic carbocycles. The summed E-state index contributed by atoms with van der Waals surface area (Å²) in [7, 11) is -2.05. The van der Waals surface area contributed by atoms with E-state index in [1.807, 2.05) is 0 Å². The van der Waals surface area contributed by atoms with Crippen molar-refractivity contribution >= 4 is 61.5 Å². The van der Waals surface area contributed by atoms with Crippen molar-refractivity contribution in [1.29, 1.82) is 0 Å². The first-order valence-electron chi connectivity index (χ1n) is 17.3. The van der Waals surface area contributed by atoms with Crippen molar-refractivity contribution in [3.8, 4) is 44.5 Å². The standard InChI is InChI=1S/C48H34Si/c1-49(2)45-28-35(38-22-12-18-32-14-8-9-19-37(32)38)25-26-39(45)42-29-43-44(30-46(42)49)47(33-15-4-3-5-16-33)40-20-10-11-21-41(40)48(43)36-24-23-31-13-6-7-17-34(31)27-36/h3-30H,1-2H3. The zero-order chi connectivity index (χ0) is 32.7. The van der Waals surface area contributed by atoms with Crippen LogP contribution >= 0.6 is 0 Å². The first-order valence-corrected chi connectivity index (χ1v) is 20.3. The normalized spacial score (nSPS) is 13.3. The fraction of sp³-hybridized carbons (Fsp3) is 0.0417. The van der Waals surface area contributed by atoms with Crippen LogP contribution in [-0.4, -0.2) is 8.07 Å². The molecule has 0 spiro atoms. The third kappa shape index (κ3) is 4.22. The fourth-order valence-electron chi connectivity index (χ4n) is 8.62. The van der Waals surface area contributed by atoms with Crippen LogP contribution in [0.25, 0.3) is 87.6 Å². The molecule has 0 nitrogen and oxygen atoms in total. The lowest BCUT2D eigenvalue weighted by molar-refractivity contribution is 1.66. The van der Waals surface area contributed by atoms with Gasteiger partial charge in [0.25, 0.3) is 0 Å². The van der Waals surface area contributed by atoms with Crippen molar-refractivity contribution < 1.29 is 0 Å². The fourth-order valence-corrected chi connectivity index (χ4v) is 11.7. The van der Waals surface area contributed by atoms with E-state index in [9.17, 15) is 0 Å². The topological polar surface area (TPSA) is 0 Å². The molecule has 0 aliphatic carbocycles. The molecule has 0 amide bonds. The van der Waals surface area contributed by atoms with E-state index in [4.69, 9.17) is 0 Å². The minimum Gasteiger partial charge on any atom is -0.0622 e. The van der Waals surface area contributed by atoms with Gasteiger partial charge in [-0.3, -0.25) is 0 Å². The van der Waals surface area contributed by atoms with Crippen molar-refractivity contribution in [2.45, 2.75) is 13.1 Å². The highest BCUT2D eigenvalue weighted by molar-refractivity contribution is 7.04. The van der Waals surface area contributed by atoms with Crippen LogP contribution in [0, 0.1) is 0 Å². The summed E-state index contributed by atoms with van der Waals surface area (Å²) in [5.41, 5.74) is 10.6. The van der Waals surface area contributed by atoms with Crippen molar-refractivity contribution in [1.82, 2.24) is 0 Å². The summed E-state index contributed by atoms with van der Waals surface area (Å²) in [6, 6.07) is 63.6. The van der Waals surface area contributed by atoms with Crippen LogP contribution in [0.4, 0.5) is 0 Å². The van der Waals surface area contributed by atoms with E-state index < -0.39 is 8.07 Å². The number of hydrogen-bond acceptors (Lipinski definition) is 0. The quantitative estimate of drug-likeness (QED) is 0.133. The zero-order valence-electron chi connectivity index (χ0n) is 27.7. The second-order valence-electron chi connectivity index (χ2n) is 14.1. The third-order valence-corrected chi connectivity index (χ3v) is 14.5. The van der Waals surface area contributed by atoms with Crippen molar-refractivity contribution in [2.24, 2.45) is 0 Å². The summed E-state index contributed by atoms with van der Waals surface area (Å²) in [5, 5.41) is 13.5. The molecule has 1 aliphatic heterocycles. The van der Waals surface area contributed by atoms with Gasteiger partial charge in [-0.05, 0) is 110 Å². The molecule has 0 saturated carbocycles. The molecule has 0 fully saturated rings. The summed E-state index contributed by atoms with van der Waals surface area (Å²) >= 11 is 0. The van der Waals surface area contributed by atoms with Crippen molar-refractivity contribution in [3.05, 3.63) is 170 Å². The van der Waals surface area contributed by atoms with Crippen LogP contribution in [0.15, 0.2) is 170 Å². The molecule has 0 atom stereocenters. The Morgan fingerprint density at radius 3 is 1.69 bits per heavy atom. The van der Waals surface area contributed by atoms with Gasteiger partial charge in [-0.15, -0.1) is 0 Å². The Labute approximate surface area is 287 Å². The maximum atomic E-state index is 2.59. The highest BCUT2D eigenvalue weighted by Gasteiger charge is 2.38. The number of rotatable bonds is 3. The van der Waals surface area contributed by atoms with Crippen LogP contribution in [0.5, 0.6) is 0 Å². The first-order chi connectivity index (χ1) is 24.1. The largest absolute Gasteiger partial charge is 0.113 e. The van der Waals surface area contributed by atoms with Gasteiger partial charge in [-0.25, -0.2) is 0 Å². The lowest BCUT2D eigenvalue weighted by Crippen LogP contribution is -2.49. The van der Waals surface area contributed by atoms with E-state index in [0.29, 0.717) is 0 Å². The van der Waals surface area contributed by atoms with Crippen molar-refractivity contribution in [2.75, 3.05) is 0 Å². The van der Waals surface area contributed by atoms with E-state index >= 15 is 0 Å². The predicted octanol–water partition coefficient (Wildman–Crippen LogP) is 12.1. The molecule has 1 heteroatoms. The highest BCUT2D eigenvalue weighted by atomic mass is 28.3. The van der Waals surface area contributed by atoms with Crippen LogP contribution in [0.3, 0.4) is 0 Å². The van der Waals surface area contributed by atoms with E-state index in [-0.39, 0.29) is 0 Å². The van der Waals surface area contributed by atoms with Gasteiger partial charge >= 0.3 is 0 Å². The van der Waals surface area contributed by atoms with Gasteiger partial charge in [0.05, 0.1) is 0 Å². The Kier molecular flexibility index (Phi) is 6.13. The van der Waals surface area contributed by atoms with Gasteiger partial charge in [-0.1, -0.05) is 171 Å². The average Bonchev–Trinajstić information content (AvgIpc) is 3.37. The molecule has 0 saturated heterocycles. The Morgan fingerprint density at radius 2 is 0.898 bits per heavy atom. The molecule has 9 aromatic rings. The number of fused-ring (bicyclic) bond motifs is 7. The summed E-state index contributed by atoms with van der Waals surface area (Å²) in [4.78, 5) is 0. The molecule has 230 valence electrons. The molecule has 49 heavy (non-hydrogen) atoms. The zero-order valence-corrected chi connectivity index (χ0v) is 28.7. The lowest BCUT2D eigenvalue weighted by atomic mass is 9.84. The molecular formula is C48H34Si. The van der Waals surface area contributed by atoms with Crippen molar-refractivity contribution in [3.63, 3.8) is 0 Å². The molecule has 0 unspecified atom stereocenters. The van der Waals surface area contributed by atoms with Gasteiger partial charge in [0.15, 0.2) is 0 Å². The second kappa shape index (κ2) is 10.6. The Bertz CT molecular complexity index is 2780. The monoisotopic (exact) mass is 638 g/mol. The number of hydrogen-bond donors (Lipinski definition) is 0.